The van der Waals surface area contributed by atoms with Crippen molar-refractivity contribution in [3.8, 4) is 5.88 Å². The molecule has 2 atom stereocenters. The molecule has 3 N–H and O–H groups in total. The summed E-state index contributed by atoms with van der Waals surface area (Å²) in [6.45, 7) is 5.44. The highest BCUT2D eigenvalue weighted by atomic mass is 28.3. The second-order valence-corrected chi connectivity index (χ2v) is 14.3. The Bertz CT molecular complexity index is 1340. The first-order chi connectivity index (χ1) is 16.5. The van der Waals surface area contributed by atoms with Gasteiger partial charge in [0.05, 0.1) is 33.1 Å². The number of hydrogen-bond acceptors (Lipinski definition) is 7. The second-order valence-electron chi connectivity index (χ2n) is 9.25. The second kappa shape index (κ2) is 9.10. The molecule has 1 aliphatic rings. The number of carbonyl (C=O) groups is 2. The molecule has 0 saturated heterocycles. The lowest BCUT2D eigenvalue weighted by Gasteiger charge is -2.31. The van der Waals surface area contributed by atoms with E-state index in [9.17, 15) is 23.2 Å². The summed E-state index contributed by atoms with van der Waals surface area (Å²) < 4.78 is 39.6. The number of ketones is 1. The van der Waals surface area contributed by atoms with Crippen molar-refractivity contribution >= 4 is 36.5 Å². The quantitative estimate of drug-likeness (QED) is 0.350. The highest BCUT2D eigenvalue weighted by Gasteiger charge is 2.41. The lowest BCUT2D eigenvalue weighted by Crippen LogP contribution is -2.43. The van der Waals surface area contributed by atoms with Gasteiger partial charge < -0.3 is 19.9 Å². The fourth-order valence-electron chi connectivity index (χ4n) is 4.24. The molecule has 12 heteroatoms. The summed E-state index contributed by atoms with van der Waals surface area (Å²) in [5, 5.41) is 7.63. The molecule has 0 aliphatic carbocycles. The number of hydrogen-bond donors (Lipinski definition) is 3. The van der Waals surface area contributed by atoms with Gasteiger partial charge in [-0.15, -0.1) is 0 Å². The Morgan fingerprint density at radius 2 is 1.86 bits per heavy atom. The van der Waals surface area contributed by atoms with Crippen LogP contribution < -0.4 is 26.1 Å². The zero-order chi connectivity index (χ0) is 25.5. The molecule has 9 nitrogen and oxygen atoms in total. The van der Waals surface area contributed by atoms with Crippen molar-refractivity contribution in [2.45, 2.75) is 25.6 Å². The maximum absolute atomic E-state index is 14.8. The smallest absolute Gasteiger partial charge is 0.280 e. The van der Waals surface area contributed by atoms with Crippen LogP contribution in [0.5, 0.6) is 5.88 Å². The summed E-state index contributed by atoms with van der Waals surface area (Å²) in [6.07, 6.45) is 0. The van der Waals surface area contributed by atoms with E-state index in [0.717, 1.165) is 18.2 Å². The molecule has 0 radical (unpaired) electrons. The van der Waals surface area contributed by atoms with Crippen LogP contribution >= 0.6 is 0 Å². The Balaban J connectivity index is 1.72. The number of aromatic nitrogens is 2. The van der Waals surface area contributed by atoms with Gasteiger partial charge in [0.1, 0.15) is 17.5 Å². The molecular weight excluding hydrogens is 478 g/mol. The van der Waals surface area contributed by atoms with E-state index in [-0.39, 0.29) is 23.2 Å². The molecule has 3 aromatic rings. The SMILES string of the molecule is COc1ccc2c(n1)NCC(C(=O)c1cc(=O)[nH]o1)[C@@H]2C(=O)Nc1cc(F)c([Si](C)(C)C)c(F)c1. The number of carbonyl (C=O) groups excluding carboxylic acids is 2. The number of nitrogens with zero attached hydrogens (tertiary/aromatic N) is 1. The normalized spacial score (nSPS) is 17.3. The zero-order valence-electron chi connectivity index (χ0n) is 19.5. The van der Waals surface area contributed by atoms with Gasteiger partial charge in [-0.2, -0.15) is 10.1 Å². The summed E-state index contributed by atoms with van der Waals surface area (Å²) in [5.41, 5.74) is -0.295. The standard InChI is InChI=1S/C23H24F2N4O5Si/c1-33-18-6-5-12-19(13(10-26-22(12)28-18)20(31)16-9-17(30)29-34-16)23(32)27-11-7-14(24)21(15(25)8-11)35(2,3)4/h5-9,13,19H,10H2,1-4H3,(H,26,28)(H,27,32)(H,29,30)/t13?,19-/m1/s1. The molecule has 4 rings (SSSR count). The number of benzene rings is 1. The van der Waals surface area contributed by atoms with E-state index in [4.69, 9.17) is 9.26 Å². The zero-order valence-corrected chi connectivity index (χ0v) is 20.5. The van der Waals surface area contributed by atoms with E-state index in [1.807, 2.05) is 19.6 Å². The van der Waals surface area contributed by atoms with E-state index >= 15 is 0 Å². The first-order valence-corrected chi connectivity index (χ1v) is 14.3. The lowest BCUT2D eigenvalue weighted by atomic mass is 9.79. The average Bonchev–Trinajstić information content (AvgIpc) is 3.22. The summed E-state index contributed by atoms with van der Waals surface area (Å²) in [5.74, 6) is -4.44. The minimum atomic E-state index is -2.31. The maximum atomic E-state index is 14.8. The molecule has 184 valence electrons. The van der Waals surface area contributed by atoms with Crippen molar-refractivity contribution in [3.05, 3.63) is 63.6 Å². The van der Waals surface area contributed by atoms with Crippen LogP contribution in [0.15, 0.2) is 39.6 Å². The van der Waals surface area contributed by atoms with Crippen molar-refractivity contribution in [3.63, 3.8) is 0 Å². The predicted octanol–water partition coefficient (Wildman–Crippen LogP) is 2.84. The number of Topliss-reactive ketones (excluding diaryl/α,β-unsaturated/α-hetero) is 1. The molecule has 0 spiro atoms. The number of rotatable bonds is 6. The predicted molar refractivity (Wildman–Crippen MR) is 127 cm³/mol. The van der Waals surface area contributed by atoms with Crippen molar-refractivity contribution in [2.24, 2.45) is 5.92 Å². The van der Waals surface area contributed by atoms with Gasteiger partial charge in [0.15, 0.2) is 0 Å². The number of anilines is 2. The first-order valence-electron chi connectivity index (χ1n) is 10.8. The summed E-state index contributed by atoms with van der Waals surface area (Å²) in [6, 6.07) is 6.27. The molecule has 1 aliphatic heterocycles. The van der Waals surface area contributed by atoms with Gasteiger partial charge >= 0.3 is 0 Å². The number of amides is 1. The van der Waals surface area contributed by atoms with E-state index < -0.39 is 48.8 Å². The molecule has 3 heterocycles. The Morgan fingerprint density at radius 1 is 1.17 bits per heavy atom. The summed E-state index contributed by atoms with van der Waals surface area (Å²) >= 11 is 0. The third kappa shape index (κ3) is 4.74. The molecule has 1 amide bonds. The Morgan fingerprint density at radius 3 is 2.43 bits per heavy atom. The van der Waals surface area contributed by atoms with Crippen LogP contribution in [0.25, 0.3) is 0 Å². The van der Waals surface area contributed by atoms with Crippen molar-refractivity contribution in [2.75, 3.05) is 24.3 Å². The Hall–Kier alpha value is -3.80. The molecule has 1 unspecified atom stereocenters. The van der Waals surface area contributed by atoms with E-state index in [1.54, 1.807) is 6.07 Å². The largest absolute Gasteiger partial charge is 0.481 e. The number of fused-ring (bicyclic) bond motifs is 1. The Kier molecular flexibility index (Phi) is 6.32. The summed E-state index contributed by atoms with van der Waals surface area (Å²) in [7, 11) is -0.870. The third-order valence-electron chi connectivity index (χ3n) is 5.78. The number of aromatic amines is 1. The number of H-pyrrole nitrogens is 1. The van der Waals surface area contributed by atoms with Crippen LogP contribution in [0.4, 0.5) is 20.3 Å². The van der Waals surface area contributed by atoms with Crippen LogP contribution in [0.1, 0.15) is 22.0 Å². The minimum absolute atomic E-state index is 0.00371. The lowest BCUT2D eigenvalue weighted by molar-refractivity contribution is -0.118. The van der Waals surface area contributed by atoms with E-state index in [1.165, 1.54) is 13.2 Å². The van der Waals surface area contributed by atoms with Gasteiger partial charge in [-0.25, -0.2) is 8.78 Å². The fourth-order valence-corrected chi connectivity index (χ4v) is 5.81. The van der Waals surface area contributed by atoms with Crippen LogP contribution in [-0.2, 0) is 4.79 Å². The highest BCUT2D eigenvalue weighted by Crippen LogP contribution is 2.38. The van der Waals surface area contributed by atoms with Crippen molar-refractivity contribution < 1.29 is 27.6 Å². The van der Waals surface area contributed by atoms with Crippen LogP contribution in [0, 0.1) is 17.6 Å². The number of nitrogens with one attached hydrogen (secondary N) is 3. The minimum Gasteiger partial charge on any atom is -0.481 e. The van der Waals surface area contributed by atoms with Gasteiger partial charge in [-0.05, 0) is 18.2 Å². The van der Waals surface area contributed by atoms with Gasteiger partial charge in [0.2, 0.25) is 23.3 Å². The number of halogens is 2. The fraction of sp³-hybridized carbons (Fsp3) is 0.304. The molecular formula is C23H24F2N4O5Si. The van der Waals surface area contributed by atoms with Crippen LogP contribution in [0.2, 0.25) is 19.6 Å². The van der Waals surface area contributed by atoms with Crippen LogP contribution in [0.3, 0.4) is 0 Å². The molecule has 1 aromatic carbocycles. The topological polar surface area (TPSA) is 126 Å². The number of ether oxygens (including phenoxy) is 1. The van der Waals surface area contributed by atoms with Crippen molar-refractivity contribution in [1.82, 2.24) is 10.1 Å². The van der Waals surface area contributed by atoms with E-state index in [2.05, 4.69) is 20.8 Å². The maximum Gasteiger partial charge on any atom is 0.280 e. The molecule has 0 saturated carbocycles. The first kappa shape index (κ1) is 24.3. The van der Waals surface area contributed by atoms with Gasteiger partial charge in [-0.3, -0.25) is 14.4 Å². The third-order valence-corrected chi connectivity index (χ3v) is 7.76. The van der Waals surface area contributed by atoms with Gasteiger partial charge in [0.25, 0.3) is 5.56 Å². The van der Waals surface area contributed by atoms with Gasteiger partial charge in [-0.1, -0.05) is 19.6 Å². The molecule has 0 bridgehead atoms. The molecule has 35 heavy (non-hydrogen) atoms. The molecule has 0 fully saturated rings. The number of methoxy groups -OCH3 is 1. The van der Waals surface area contributed by atoms with Crippen LogP contribution in [-0.4, -0.2) is 43.6 Å². The molecule has 2 aromatic heterocycles. The number of pyridine rings is 1. The monoisotopic (exact) mass is 502 g/mol. The average molecular weight is 503 g/mol. The Labute approximate surface area is 199 Å². The van der Waals surface area contributed by atoms with Crippen molar-refractivity contribution in [1.29, 1.82) is 0 Å². The van der Waals surface area contributed by atoms with E-state index in [0.29, 0.717) is 17.3 Å². The van der Waals surface area contributed by atoms with Gasteiger partial charge in [0, 0.05) is 29.0 Å². The highest BCUT2D eigenvalue weighted by molar-refractivity contribution is 6.88. The summed E-state index contributed by atoms with van der Waals surface area (Å²) in [4.78, 5) is 42.4.